The van der Waals surface area contributed by atoms with Gasteiger partial charge in [-0.25, -0.2) is 4.79 Å². The van der Waals surface area contributed by atoms with Gasteiger partial charge in [-0.05, 0) is 32.6 Å². The Balaban J connectivity index is 2.71. The van der Waals surface area contributed by atoms with E-state index < -0.39 is 0 Å². The standard InChI is InChI=1S/C13H23NO3/c1-4-10(3)12(15)14-9-7-6-8-11(14)13(16)17-5-2/h10-11H,4-9H2,1-3H3. The highest BCUT2D eigenvalue weighted by atomic mass is 16.5. The van der Waals surface area contributed by atoms with Gasteiger partial charge in [0.05, 0.1) is 6.61 Å². The molecule has 4 heteroatoms. The Bertz CT molecular complexity index is 278. The highest BCUT2D eigenvalue weighted by molar-refractivity contribution is 5.85. The van der Waals surface area contributed by atoms with Crippen molar-refractivity contribution in [2.75, 3.05) is 13.2 Å². The molecular weight excluding hydrogens is 218 g/mol. The van der Waals surface area contributed by atoms with Crippen LogP contribution in [0.5, 0.6) is 0 Å². The molecule has 1 rings (SSSR count). The van der Waals surface area contributed by atoms with Crippen molar-refractivity contribution in [1.82, 2.24) is 4.90 Å². The Hall–Kier alpha value is -1.06. The Labute approximate surface area is 103 Å². The second-order valence-electron chi connectivity index (χ2n) is 4.60. The molecule has 1 amide bonds. The van der Waals surface area contributed by atoms with Crippen molar-refractivity contribution < 1.29 is 14.3 Å². The molecule has 0 saturated carbocycles. The maximum Gasteiger partial charge on any atom is 0.328 e. The molecule has 1 aliphatic rings. The first-order chi connectivity index (χ1) is 8.11. The van der Waals surface area contributed by atoms with Gasteiger partial charge in [0, 0.05) is 12.5 Å². The third-order valence-corrected chi connectivity index (χ3v) is 3.38. The Morgan fingerprint density at radius 2 is 2.06 bits per heavy atom. The molecule has 17 heavy (non-hydrogen) atoms. The lowest BCUT2D eigenvalue weighted by molar-refractivity contribution is -0.158. The van der Waals surface area contributed by atoms with Gasteiger partial charge in [-0.15, -0.1) is 0 Å². The van der Waals surface area contributed by atoms with Crippen LogP contribution in [0.3, 0.4) is 0 Å². The van der Waals surface area contributed by atoms with Gasteiger partial charge in [-0.2, -0.15) is 0 Å². The number of nitrogens with zero attached hydrogens (tertiary/aromatic N) is 1. The second-order valence-corrected chi connectivity index (χ2v) is 4.60. The minimum Gasteiger partial charge on any atom is -0.464 e. The molecule has 0 bridgehead atoms. The molecule has 0 aromatic carbocycles. The minimum atomic E-state index is -0.356. The number of ether oxygens (including phenoxy) is 1. The van der Waals surface area contributed by atoms with Crippen LogP contribution in [0, 0.1) is 5.92 Å². The summed E-state index contributed by atoms with van der Waals surface area (Å²) in [6, 6.07) is -0.356. The van der Waals surface area contributed by atoms with Crippen molar-refractivity contribution in [1.29, 1.82) is 0 Å². The van der Waals surface area contributed by atoms with Gasteiger partial charge in [0.1, 0.15) is 6.04 Å². The van der Waals surface area contributed by atoms with E-state index in [4.69, 9.17) is 4.74 Å². The molecular formula is C13H23NO3. The first kappa shape index (κ1) is 14.0. The first-order valence-electron chi connectivity index (χ1n) is 6.58. The SMILES string of the molecule is CCOC(=O)C1CCCCN1C(=O)C(C)CC. The largest absolute Gasteiger partial charge is 0.464 e. The molecule has 0 N–H and O–H groups in total. The summed E-state index contributed by atoms with van der Waals surface area (Å²) in [5, 5.41) is 0. The van der Waals surface area contributed by atoms with E-state index >= 15 is 0 Å². The highest BCUT2D eigenvalue weighted by Crippen LogP contribution is 2.21. The van der Waals surface area contributed by atoms with E-state index in [1.54, 1.807) is 11.8 Å². The predicted octanol–water partition coefficient (Wildman–Crippen LogP) is 1.98. The number of hydrogen-bond donors (Lipinski definition) is 0. The molecule has 0 radical (unpaired) electrons. The van der Waals surface area contributed by atoms with E-state index in [0.717, 1.165) is 25.7 Å². The number of carbonyl (C=O) groups is 2. The van der Waals surface area contributed by atoms with E-state index in [-0.39, 0.29) is 23.8 Å². The van der Waals surface area contributed by atoms with Crippen molar-refractivity contribution in [2.45, 2.75) is 52.5 Å². The summed E-state index contributed by atoms with van der Waals surface area (Å²) < 4.78 is 5.04. The third-order valence-electron chi connectivity index (χ3n) is 3.38. The average molecular weight is 241 g/mol. The fourth-order valence-electron chi connectivity index (χ4n) is 2.14. The molecule has 2 atom stereocenters. The highest BCUT2D eigenvalue weighted by Gasteiger charge is 2.34. The van der Waals surface area contributed by atoms with Crippen LogP contribution in [0.15, 0.2) is 0 Å². The van der Waals surface area contributed by atoms with Gasteiger partial charge in [0.25, 0.3) is 0 Å². The number of hydrogen-bond acceptors (Lipinski definition) is 3. The second kappa shape index (κ2) is 6.62. The summed E-state index contributed by atoms with van der Waals surface area (Å²) in [5.74, 6) is -0.167. The van der Waals surface area contributed by atoms with E-state index in [1.807, 2.05) is 13.8 Å². The van der Waals surface area contributed by atoms with Gasteiger partial charge in [-0.3, -0.25) is 4.79 Å². The molecule has 0 aromatic heterocycles. The minimum absolute atomic E-state index is 0.00923. The number of likely N-dealkylation sites (tertiary alicyclic amines) is 1. The van der Waals surface area contributed by atoms with Gasteiger partial charge in [0.2, 0.25) is 5.91 Å². The lowest BCUT2D eigenvalue weighted by Gasteiger charge is -2.35. The number of piperidine rings is 1. The summed E-state index contributed by atoms with van der Waals surface area (Å²) in [7, 11) is 0. The number of carbonyl (C=O) groups excluding carboxylic acids is 2. The zero-order valence-electron chi connectivity index (χ0n) is 11.1. The molecule has 0 aliphatic carbocycles. The molecule has 1 heterocycles. The van der Waals surface area contributed by atoms with Crippen LogP contribution < -0.4 is 0 Å². The molecule has 0 spiro atoms. The van der Waals surface area contributed by atoms with Crippen LogP contribution >= 0.6 is 0 Å². The number of amides is 1. The van der Waals surface area contributed by atoms with E-state index in [9.17, 15) is 9.59 Å². The summed E-state index contributed by atoms with van der Waals surface area (Å²) in [4.78, 5) is 25.7. The monoisotopic (exact) mass is 241 g/mol. The lowest BCUT2D eigenvalue weighted by atomic mass is 9.98. The van der Waals surface area contributed by atoms with Crippen molar-refractivity contribution >= 4 is 11.9 Å². The van der Waals surface area contributed by atoms with Crippen molar-refractivity contribution in [2.24, 2.45) is 5.92 Å². The van der Waals surface area contributed by atoms with Crippen LogP contribution in [-0.4, -0.2) is 36.0 Å². The number of rotatable bonds is 4. The summed E-state index contributed by atoms with van der Waals surface area (Å²) in [6.07, 6.45) is 3.53. The fourth-order valence-corrected chi connectivity index (χ4v) is 2.14. The molecule has 98 valence electrons. The van der Waals surface area contributed by atoms with Gasteiger partial charge >= 0.3 is 5.97 Å². The molecule has 1 saturated heterocycles. The average Bonchev–Trinajstić information content (AvgIpc) is 2.37. The van der Waals surface area contributed by atoms with Crippen molar-refractivity contribution in [3.63, 3.8) is 0 Å². The summed E-state index contributed by atoms with van der Waals surface area (Å²) in [5.41, 5.74) is 0. The Morgan fingerprint density at radius 1 is 1.35 bits per heavy atom. The summed E-state index contributed by atoms with van der Waals surface area (Å²) in [6.45, 7) is 6.76. The first-order valence-corrected chi connectivity index (χ1v) is 6.58. The summed E-state index contributed by atoms with van der Waals surface area (Å²) >= 11 is 0. The molecule has 1 aliphatic heterocycles. The van der Waals surface area contributed by atoms with Gasteiger partial charge in [0.15, 0.2) is 0 Å². The van der Waals surface area contributed by atoms with Gasteiger partial charge < -0.3 is 9.64 Å². The molecule has 2 unspecified atom stereocenters. The quantitative estimate of drug-likeness (QED) is 0.707. The number of esters is 1. The Morgan fingerprint density at radius 3 is 2.65 bits per heavy atom. The van der Waals surface area contributed by atoms with Crippen LogP contribution in [0.4, 0.5) is 0 Å². The van der Waals surface area contributed by atoms with E-state index in [1.165, 1.54) is 0 Å². The maximum absolute atomic E-state index is 12.2. The van der Waals surface area contributed by atoms with E-state index in [2.05, 4.69) is 0 Å². The van der Waals surface area contributed by atoms with Crippen LogP contribution in [0.2, 0.25) is 0 Å². The predicted molar refractivity (Wildman–Crippen MR) is 65.4 cm³/mol. The topological polar surface area (TPSA) is 46.6 Å². The van der Waals surface area contributed by atoms with Crippen LogP contribution in [0.1, 0.15) is 46.5 Å². The van der Waals surface area contributed by atoms with Crippen molar-refractivity contribution in [3.05, 3.63) is 0 Å². The molecule has 4 nitrogen and oxygen atoms in total. The lowest BCUT2D eigenvalue weighted by Crippen LogP contribution is -2.50. The molecule has 0 aromatic rings. The maximum atomic E-state index is 12.2. The zero-order valence-corrected chi connectivity index (χ0v) is 11.1. The third kappa shape index (κ3) is 3.45. The normalized spacial score (nSPS) is 22.1. The van der Waals surface area contributed by atoms with Crippen LogP contribution in [0.25, 0.3) is 0 Å². The zero-order chi connectivity index (χ0) is 12.8. The molecule has 1 fully saturated rings. The smallest absolute Gasteiger partial charge is 0.328 e. The fraction of sp³-hybridized carbons (Fsp3) is 0.846. The van der Waals surface area contributed by atoms with Crippen LogP contribution in [-0.2, 0) is 14.3 Å². The van der Waals surface area contributed by atoms with Crippen molar-refractivity contribution in [3.8, 4) is 0 Å². The van der Waals surface area contributed by atoms with E-state index in [0.29, 0.717) is 13.2 Å². The van der Waals surface area contributed by atoms with Gasteiger partial charge in [-0.1, -0.05) is 13.8 Å². The Kier molecular flexibility index (Phi) is 5.45.